The van der Waals surface area contributed by atoms with Crippen LogP contribution in [0.2, 0.25) is 0 Å². The fourth-order valence-electron chi connectivity index (χ4n) is 2.15. The number of nitrogens with zero attached hydrogens (tertiary/aromatic N) is 2. The molecule has 8 heteroatoms. The maximum Gasteiger partial charge on any atom is 0.410 e. The summed E-state index contributed by atoms with van der Waals surface area (Å²) in [5.74, 6) is -0.543. The first kappa shape index (κ1) is 18.6. The minimum atomic E-state index is -2.67. The van der Waals surface area contributed by atoms with E-state index in [4.69, 9.17) is 9.47 Å². The van der Waals surface area contributed by atoms with Gasteiger partial charge in [0.2, 0.25) is 0 Å². The topological polar surface area (TPSA) is 59.1 Å². The molecular formula is C14H24F2N2O4. The van der Waals surface area contributed by atoms with Crippen LogP contribution >= 0.6 is 0 Å². The minimum Gasteiger partial charge on any atom is -0.465 e. The maximum absolute atomic E-state index is 13.2. The fraction of sp³-hybridized carbons (Fsp3) is 0.857. The molecule has 0 aromatic carbocycles. The van der Waals surface area contributed by atoms with Crippen molar-refractivity contribution in [3.8, 4) is 0 Å². The number of hydrogen-bond donors (Lipinski definition) is 0. The minimum absolute atomic E-state index is 0.174. The molecule has 1 rings (SSSR count). The van der Waals surface area contributed by atoms with E-state index in [1.165, 1.54) is 9.80 Å². The number of carbonyl (C=O) groups excluding carboxylic acids is 2. The third-order valence-electron chi connectivity index (χ3n) is 3.11. The molecule has 6 nitrogen and oxygen atoms in total. The monoisotopic (exact) mass is 322 g/mol. The van der Waals surface area contributed by atoms with Gasteiger partial charge in [0, 0.05) is 19.6 Å². The summed E-state index contributed by atoms with van der Waals surface area (Å²) in [5, 5.41) is 0. The van der Waals surface area contributed by atoms with Gasteiger partial charge in [-0.2, -0.15) is 0 Å². The molecule has 1 aliphatic rings. The van der Waals surface area contributed by atoms with Crippen molar-refractivity contribution >= 4 is 12.1 Å². The average molecular weight is 322 g/mol. The number of alkyl halides is 2. The smallest absolute Gasteiger partial charge is 0.410 e. The molecule has 128 valence electrons. The van der Waals surface area contributed by atoms with Crippen LogP contribution in [0.1, 0.15) is 27.7 Å². The second-order valence-corrected chi connectivity index (χ2v) is 6.10. The molecule has 0 radical (unpaired) electrons. The summed E-state index contributed by atoms with van der Waals surface area (Å²) in [6, 6.07) is -1.20. The number of piperazine rings is 1. The van der Waals surface area contributed by atoms with Gasteiger partial charge in [-0.05, 0) is 27.7 Å². The zero-order valence-corrected chi connectivity index (χ0v) is 13.5. The summed E-state index contributed by atoms with van der Waals surface area (Å²) in [7, 11) is 0. The van der Waals surface area contributed by atoms with Crippen molar-refractivity contribution < 1.29 is 27.8 Å². The predicted octanol–water partition coefficient (Wildman–Crippen LogP) is 1.74. The van der Waals surface area contributed by atoms with E-state index in [9.17, 15) is 18.4 Å². The second-order valence-electron chi connectivity index (χ2n) is 6.10. The van der Waals surface area contributed by atoms with Gasteiger partial charge < -0.3 is 14.4 Å². The molecule has 1 fully saturated rings. The number of rotatable bonds is 4. The highest BCUT2D eigenvalue weighted by Crippen LogP contribution is 2.19. The summed E-state index contributed by atoms with van der Waals surface area (Å²) in [4.78, 5) is 26.0. The summed E-state index contributed by atoms with van der Waals surface area (Å²) in [6.45, 7) is 7.03. The van der Waals surface area contributed by atoms with Crippen molar-refractivity contribution in [1.82, 2.24) is 9.80 Å². The molecule has 0 bridgehead atoms. The Morgan fingerprint density at radius 3 is 2.41 bits per heavy atom. The van der Waals surface area contributed by atoms with Crippen LogP contribution in [0, 0.1) is 0 Å². The van der Waals surface area contributed by atoms with E-state index in [1.807, 2.05) is 0 Å². The zero-order valence-electron chi connectivity index (χ0n) is 13.5. The van der Waals surface area contributed by atoms with E-state index >= 15 is 0 Å². The predicted molar refractivity (Wildman–Crippen MR) is 75.8 cm³/mol. The quantitative estimate of drug-likeness (QED) is 0.738. The molecule has 1 heterocycles. The van der Waals surface area contributed by atoms with Gasteiger partial charge in [-0.15, -0.1) is 0 Å². The Morgan fingerprint density at radius 1 is 1.27 bits per heavy atom. The maximum atomic E-state index is 13.2. The van der Waals surface area contributed by atoms with Gasteiger partial charge in [0.25, 0.3) is 6.43 Å². The highest BCUT2D eigenvalue weighted by atomic mass is 19.3. The molecule has 0 N–H and O–H groups in total. The number of carbonyl (C=O) groups is 2. The zero-order chi connectivity index (χ0) is 16.9. The summed E-state index contributed by atoms with van der Waals surface area (Å²) in [5.41, 5.74) is -0.681. The van der Waals surface area contributed by atoms with Crippen LogP contribution in [0.25, 0.3) is 0 Å². The first-order valence-electron chi connectivity index (χ1n) is 7.29. The van der Waals surface area contributed by atoms with E-state index in [0.29, 0.717) is 0 Å². The van der Waals surface area contributed by atoms with Crippen LogP contribution in [0.5, 0.6) is 0 Å². The Balaban J connectivity index is 2.66. The lowest BCUT2D eigenvalue weighted by Gasteiger charge is -2.40. The molecule has 1 aliphatic heterocycles. The van der Waals surface area contributed by atoms with Gasteiger partial charge in [-0.3, -0.25) is 9.69 Å². The van der Waals surface area contributed by atoms with Crippen LogP contribution in [-0.2, 0) is 14.3 Å². The van der Waals surface area contributed by atoms with Gasteiger partial charge in [0.15, 0.2) is 0 Å². The Bertz CT molecular complexity index is 399. The van der Waals surface area contributed by atoms with Crippen LogP contribution in [0.15, 0.2) is 0 Å². The molecule has 22 heavy (non-hydrogen) atoms. The number of hydrogen-bond acceptors (Lipinski definition) is 5. The molecule has 0 aromatic rings. The fourth-order valence-corrected chi connectivity index (χ4v) is 2.15. The lowest BCUT2D eigenvalue weighted by molar-refractivity contribution is -0.147. The van der Waals surface area contributed by atoms with Gasteiger partial charge in [-0.1, -0.05) is 0 Å². The molecule has 0 spiro atoms. The number of amides is 1. The molecule has 1 saturated heterocycles. The SMILES string of the molecule is CCOC(=O)CN1CCN(C(=O)OC(C)(C)C)CC1C(F)F. The van der Waals surface area contributed by atoms with Gasteiger partial charge in [0.1, 0.15) is 5.60 Å². The second kappa shape index (κ2) is 7.71. The average Bonchev–Trinajstić information content (AvgIpc) is 2.36. The van der Waals surface area contributed by atoms with E-state index in [-0.39, 0.29) is 32.8 Å². The molecule has 0 saturated carbocycles. The van der Waals surface area contributed by atoms with Crippen LogP contribution in [-0.4, -0.2) is 72.7 Å². The number of halogens is 2. The summed E-state index contributed by atoms with van der Waals surface area (Å²) in [6.07, 6.45) is -3.28. The van der Waals surface area contributed by atoms with Crippen LogP contribution in [0.4, 0.5) is 13.6 Å². The van der Waals surface area contributed by atoms with E-state index < -0.39 is 30.1 Å². The van der Waals surface area contributed by atoms with Gasteiger partial charge in [-0.25, -0.2) is 13.6 Å². The van der Waals surface area contributed by atoms with Gasteiger partial charge >= 0.3 is 12.1 Å². The van der Waals surface area contributed by atoms with E-state index in [0.717, 1.165) is 0 Å². The first-order valence-corrected chi connectivity index (χ1v) is 7.29. The lowest BCUT2D eigenvalue weighted by atomic mass is 10.1. The van der Waals surface area contributed by atoms with Crippen molar-refractivity contribution in [1.29, 1.82) is 0 Å². The number of ether oxygens (including phenoxy) is 2. The molecular weight excluding hydrogens is 298 g/mol. The molecule has 1 amide bonds. The van der Waals surface area contributed by atoms with Crippen molar-refractivity contribution in [2.24, 2.45) is 0 Å². The van der Waals surface area contributed by atoms with Crippen LogP contribution < -0.4 is 0 Å². The normalized spacial score (nSPS) is 20.1. The van der Waals surface area contributed by atoms with Crippen molar-refractivity contribution in [2.45, 2.75) is 45.8 Å². The third kappa shape index (κ3) is 5.75. The summed E-state index contributed by atoms with van der Waals surface area (Å²) >= 11 is 0. The van der Waals surface area contributed by atoms with Crippen LogP contribution in [0.3, 0.4) is 0 Å². The Kier molecular flexibility index (Phi) is 6.52. The first-order chi connectivity index (χ1) is 10.1. The Morgan fingerprint density at radius 2 is 1.91 bits per heavy atom. The van der Waals surface area contributed by atoms with E-state index in [1.54, 1.807) is 27.7 Å². The Hall–Kier alpha value is -1.44. The number of esters is 1. The van der Waals surface area contributed by atoms with Crippen molar-refractivity contribution in [3.63, 3.8) is 0 Å². The van der Waals surface area contributed by atoms with Gasteiger partial charge in [0.05, 0.1) is 19.2 Å². The molecule has 1 unspecified atom stereocenters. The Labute approximate surface area is 129 Å². The standard InChI is InChI=1S/C14H24F2N2O4/c1-5-21-11(19)9-17-6-7-18(8-10(17)12(15)16)13(20)22-14(2,3)4/h10,12H,5-9H2,1-4H3. The largest absolute Gasteiger partial charge is 0.465 e. The van der Waals surface area contributed by atoms with Crippen molar-refractivity contribution in [2.75, 3.05) is 32.8 Å². The highest BCUT2D eigenvalue weighted by Gasteiger charge is 2.37. The van der Waals surface area contributed by atoms with E-state index in [2.05, 4.69) is 0 Å². The van der Waals surface area contributed by atoms with Crippen molar-refractivity contribution in [3.05, 3.63) is 0 Å². The molecule has 0 aromatic heterocycles. The third-order valence-corrected chi connectivity index (χ3v) is 3.11. The molecule has 1 atom stereocenters. The lowest BCUT2D eigenvalue weighted by Crippen LogP contribution is -2.59. The highest BCUT2D eigenvalue weighted by molar-refractivity contribution is 5.72. The molecule has 0 aliphatic carbocycles. The summed E-state index contributed by atoms with van der Waals surface area (Å²) < 4.78 is 36.4.